The molecule has 1 aliphatic carbocycles. The van der Waals surface area contributed by atoms with E-state index in [-0.39, 0.29) is 19.2 Å². The largest absolute Gasteiger partial charge is 0.454 e. The number of amides is 4. The first-order chi connectivity index (χ1) is 14.5. The van der Waals surface area contributed by atoms with Crippen LogP contribution in [0.3, 0.4) is 0 Å². The van der Waals surface area contributed by atoms with Gasteiger partial charge in [0, 0.05) is 13.1 Å². The number of hydrogen-bond donors (Lipinski definition) is 1. The van der Waals surface area contributed by atoms with Crippen LogP contribution in [0, 0.1) is 11.8 Å². The third-order valence-electron chi connectivity index (χ3n) is 7.16. The third-order valence-corrected chi connectivity index (χ3v) is 7.16. The minimum absolute atomic E-state index is 0.133. The Bertz CT molecular complexity index is 903. The molecular weight excluding hydrogens is 386 g/mol. The number of carbonyl (C=O) groups is 3. The van der Waals surface area contributed by atoms with Crippen LogP contribution in [-0.2, 0) is 15.1 Å². The van der Waals surface area contributed by atoms with Gasteiger partial charge in [-0.25, -0.2) is 4.79 Å². The van der Waals surface area contributed by atoms with Crippen LogP contribution >= 0.6 is 0 Å². The molecule has 1 aromatic rings. The molecule has 0 spiro atoms. The Morgan fingerprint density at radius 3 is 2.73 bits per heavy atom. The van der Waals surface area contributed by atoms with E-state index in [0.717, 1.165) is 17.9 Å². The summed E-state index contributed by atoms with van der Waals surface area (Å²) in [5.74, 6) is 1.84. The van der Waals surface area contributed by atoms with Gasteiger partial charge in [0.05, 0.1) is 0 Å². The van der Waals surface area contributed by atoms with Crippen molar-refractivity contribution in [3.63, 3.8) is 0 Å². The predicted molar refractivity (Wildman–Crippen MR) is 107 cm³/mol. The van der Waals surface area contributed by atoms with Crippen molar-refractivity contribution < 1.29 is 23.9 Å². The zero-order chi connectivity index (χ0) is 20.9. The van der Waals surface area contributed by atoms with Crippen LogP contribution in [0.25, 0.3) is 0 Å². The Balaban J connectivity index is 1.29. The first-order valence-corrected chi connectivity index (χ1v) is 10.8. The molecule has 2 saturated heterocycles. The summed E-state index contributed by atoms with van der Waals surface area (Å²) in [7, 11) is 0. The summed E-state index contributed by atoms with van der Waals surface area (Å²) in [6, 6.07) is 4.63. The topological polar surface area (TPSA) is 88.2 Å². The van der Waals surface area contributed by atoms with Gasteiger partial charge in [0.15, 0.2) is 11.5 Å². The molecule has 0 unspecified atom stereocenters. The fourth-order valence-corrected chi connectivity index (χ4v) is 5.31. The fourth-order valence-electron chi connectivity index (χ4n) is 5.31. The van der Waals surface area contributed by atoms with Crippen LogP contribution in [0.15, 0.2) is 18.2 Å². The number of fused-ring (bicyclic) bond motifs is 2. The monoisotopic (exact) mass is 413 g/mol. The molecule has 4 aliphatic rings. The first kappa shape index (κ1) is 19.2. The van der Waals surface area contributed by atoms with E-state index >= 15 is 0 Å². The van der Waals surface area contributed by atoms with Crippen molar-refractivity contribution >= 4 is 17.8 Å². The van der Waals surface area contributed by atoms with E-state index in [9.17, 15) is 14.4 Å². The molecule has 3 aliphatic heterocycles. The van der Waals surface area contributed by atoms with Crippen molar-refractivity contribution in [1.82, 2.24) is 15.1 Å². The average molecular weight is 413 g/mol. The number of nitrogens with zero attached hydrogens (tertiary/aromatic N) is 2. The number of likely N-dealkylation sites (tertiary alicyclic amines) is 1. The highest BCUT2D eigenvalue weighted by Crippen LogP contribution is 2.38. The van der Waals surface area contributed by atoms with Crippen molar-refractivity contribution in [2.45, 2.75) is 44.6 Å². The number of nitrogens with one attached hydrogen (secondary N) is 1. The number of benzene rings is 1. The van der Waals surface area contributed by atoms with Crippen LogP contribution in [0.4, 0.5) is 4.79 Å². The Morgan fingerprint density at radius 2 is 1.90 bits per heavy atom. The molecule has 3 atom stereocenters. The molecule has 3 heterocycles. The Morgan fingerprint density at radius 1 is 1.13 bits per heavy atom. The van der Waals surface area contributed by atoms with Crippen molar-refractivity contribution in [2.24, 2.45) is 11.8 Å². The zero-order valence-corrected chi connectivity index (χ0v) is 17.2. The van der Waals surface area contributed by atoms with Gasteiger partial charge in [0.1, 0.15) is 12.1 Å². The number of imide groups is 1. The number of carbonyl (C=O) groups excluding carboxylic acids is 3. The van der Waals surface area contributed by atoms with Crippen molar-refractivity contribution in [1.29, 1.82) is 0 Å². The standard InChI is InChI=1S/C22H27N3O5/c1-22(16-6-7-17-18(10-16)30-13-29-17)20(27)25(21(28)23-22)12-19(26)24-9-8-14-4-2-3-5-15(14)11-24/h6-7,10,14-15H,2-5,8-9,11-13H2,1H3,(H,23,28)/t14-,15-,22-/m1/s1. The number of piperidine rings is 1. The second-order valence-electron chi connectivity index (χ2n) is 8.95. The zero-order valence-electron chi connectivity index (χ0n) is 17.2. The van der Waals surface area contributed by atoms with Gasteiger partial charge in [0.25, 0.3) is 5.91 Å². The molecule has 0 bridgehead atoms. The summed E-state index contributed by atoms with van der Waals surface area (Å²) in [6.07, 6.45) is 5.96. The quantitative estimate of drug-likeness (QED) is 0.768. The molecule has 1 saturated carbocycles. The van der Waals surface area contributed by atoms with Crippen LogP contribution in [0.1, 0.15) is 44.6 Å². The molecule has 160 valence electrons. The van der Waals surface area contributed by atoms with Gasteiger partial charge >= 0.3 is 6.03 Å². The van der Waals surface area contributed by atoms with Gasteiger partial charge in [0.2, 0.25) is 12.7 Å². The highest BCUT2D eigenvalue weighted by Gasteiger charge is 2.50. The number of ether oxygens (including phenoxy) is 2. The Kier molecular flexibility index (Phi) is 4.60. The van der Waals surface area contributed by atoms with Crippen molar-refractivity contribution in [2.75, 3.05) is 26.4 Å². The highest BCUT2D eigenvalue weighted by atomic mass is 16.7. The summed E-state index contributed by atoms with van der Waals surface area (Å²) in [5, 5.41) is 2.76. The van der Waals surface area contributed by atoms with Crippen LogP contribution in [0.5, 0.6) is 11.5 Å². The average Bonchev–Trinajstić information content (AvgIpc) is 3.31. The second-order valence-corrected chi connectivity index (χ2v) is 8.95. The van der Waals surface area contributed by atoms with Gasteiger partial charge in [-0.05, 0) is 49.3 Å². The lowest BCUT2D eigenvalue weighted by atomic mass is 9.75. The number of hydrogen-bond acceptors (Lipinski definition) is 5. The van der Waals surface area contributed by atoms with E-state index in [4.69, 9.17) is 9.47 Å². The maximum atomic E-state index is 13.2. The molecule has 0 aromatic heterocycles. The Hall–Kier alpha value is -2.77. The normalized spacial score (nSPS) is 30.3. The van der Waals surface area contributed by atoms with Crippen molar-refractivity contribution in [3.05, 3.63) is 23.8 Å². The molecule has 3 fully saturated rings. The Labute approximate surface area is 175 Å². The van der Waals surface area contributed by atoms with Crippen LogP contribution in [-0.4, -0.2) is 54.1 Å². The molecule has 8 nitrogen and oxygen atoms in total. The maximum Gasteiger partial charge on any atom is 0.325 e. The van der Waals surface area contributed by atoms with E-state index in [1.165, 1.54) is 25.7 Å². The summed E-state index contributed by atoms with van der Waals surface area (Å²) in [5.41, 5.74) is -0.641. The molecule has 4 amide bonds. The SMILES string of the molecule is C[C@]1(c2ccc3c(c2)OCO3)NC(=O)N(CC(=O)N2CC[C@H]3CCCC[C@@H]3C2)C1=O. The summed E-state index contributed by atoms with van der Waals surface area (Å²) in [4.78, 5) is 41.6. The van der Waals surface area contributed by atoms with Gasteiger partial charge in [-0.3, -0.25) is 14.5 Å². The molecule has 30 heavy (non-hydrogen) atoms. The molecule has 0 radical (unpaired) electrons. The maximum absolute atomic E-state index is 13.2. The van der Waals surface area contributed by atoms with Crippen molar-refractivity contribution in [3.8, 4) is 11.5 Å². The second kappa shape index (κ2) is 7.18. The van der Waals surface area contributed by atoms with E-state index in [1.807, 2.05) is 4.90 Å². The molecule has 1 N–H and O–H groups in total. The summed E-state index contributed by atoms with van der Waals surface area (Å²) in [6.45, 7) is 3.02. The van der Waals surface area contributed by atoms with Gasteiger partial charge in [-0.2, -0.15) is 0 Å². The van der Waals surface area contributed by atoms with E-state index in [1.54, 1.807) is 25.1 Å². The van der Waals surface area contributed by atoms with Gasteiger partial charge < -0.3 is 19.7 Å². The third kappa shape index (κ3) is 3.09. The predicted octanol–water partition coefficient (Wildman–Crippen LogP) is 2.22. The number of rotatable bonds is 3. The minimum Gasteiger partial charge on any atom is -0.454 e. The number of urea groups is 1. The van der Waals surface area contributed by atoms with E-state index < -0.39 is 17.5 Å². The fraction of sp³-hybridized carbons (Fsp3) is 0.591. The lowest BCUT2D eigenvalue weighted by molar-refractivity contribution is -0.140. The smallest absolute Gasteiger partial charge is 0.325 e. The summed E-state index contributed by atoms with van der Waals surface area (Å²) >= 11 is 0. The molecule has 5 rings (SSSR count). The van der Waals surface area contributed by atoms with Crippen LogP contribution < -0.4 is 14.8 Å². The van der Waals surface area contributed by atoms with E-state index in [2.05, 4.69) is 5.32 Å². The van der Waals surface area contributed by atoms with Crippen LogP contribution in [0.2, 0.25) is 0 Å². The highest BCUT2D eigenvalue weighted by molar-refractivity contribution is 6.09. The summed E-state index contributed by atoms with van der Waals surface area (Å²) < 4.78 is 10.7. The molecular formula is C22H27N3O5. The van der Waals surface area contributed by atoms with E-state index in [0.29, 0.717) is 35.4 Å². The lowest BCUT2D eigenvalue weighted by Gasteiger charge is -2.41. The minimum atomic E-state index is -1.24. The van der Waals surface area contributed by atoms with Gasteiger partial charge in [-0.1, -0.05) is 25.3 Å². The molecule has 8 heteroatoms. The lowest BCUT2D eigenvalue weighted by Crippen LogP contribution is -2.49. The van der Waals surface area contributed by atoms with Gasteiger partial charge in [-0.15, -0.1) is 0 Å². The molecule has 1 aromatic carbocycles. The first-order valence-electron chi connectivity index (χ1n) is 10.8.